The average Bonchev–Trinajstić information content (AvgIpc) is 2.49. The van der Waals surface area contributed by atoms with Crippen LogP contribution in [-0.4, -0.2) is 34.6 Å². The Labute approximate surface area is 124 Å². The Morgan fingerprint density at radius 3 is 2.52 bits per heavy atom. The van der Waals surface area contributed by atoms with Crippen molar-refractivity contribution >= 4 is 23.5 Å². The lowest BCUT2D eigenvalue weighted by Gasteiger charge is -2.29. The molecule has 5 nitrogen and oxygen atoms in total. The zero-order chi connectivity index (χ0) is 15.6. The fourth-order valence-electron chi connectivity index (χ4n) is 2.33. The minimum Gasteiger partial charge on any atom is -0.392 e. The van der Waals surface area contributed by atoms with Gasteiger partial charge in [-0.25, -0.2) is 4.39 Å². The number of aliphatic hydroxyl groups is 1. The molecule has 7 heteroatoms. The fraction of sp³-hybridized carbons (Fsp3) is 0.214. The SMILES string of the molecule is O=CC1(F)C(Cl)=CC(CO)=C(c2ccccc2)C1[N+](=O)[O-]. The van der Waals surface area contributed by atoms with Gasteiger partial charge in [-0.2, -0.15) is 0 Å². The van der Waals surface area contributed by atoms with Gasteiger partial charge in [0.15, 0.2) is 6.29 Å². The summed E-state index contributed by atoms with van der Waals surface area (Å²) in [6.45, 7) is -0.556. The van der Waals surface area contributed by atoms with E-state index in [1.165, 1.54) is 0 Å². The number of hydrogen-bond acceptors (Lipinski definition) is 4. The van der Waals surface area contributed by atoms with E-state index in [0.29, 0.717) is 5.56 Å². The Bertz CT molecular complexity index is 644. The highest BCUT2D eigenvalue weighted by molar-refractivity contribution is 6.33. The number of alkyl halides is 1. The smallest absolute Gasteiger partial charge is 0.284 e. The van der Waals surface area contributed by atoms with Gasteiger partial charge in [0, 0.05) is 10.5 Å². The van der Waals surface area contributed by atoms with Crippen molar-refractivity contribution in [2.24, 2.45) is 0 Å². The van der Waals surface area contributed by atoms with Gasteiger partial charge in [0.1, 0.15) is 0 Å². The standard InChI is InChI=1S/C14H11ClFNO4/c15-11-6-10(7-18)12(9-4-2-1-3-5-9)13(17(20)21)14(11,16)8-19/h1-6,8,13,18H,7H2. The number of rotatable bonds is 4. The van der Waals surface area contributed by atoms with E-state index in [4.69, 9.17) is 11.6 Å². The molecule has 0 radical (unpaired) electrons. The topological polar surface area (TPSA) is 80.4 Å². The van der Waals surface area contributed by atoms with E-state index in [-0.39, 0.29) is 17.4 Å². The molecule has 1 N–H and O–H groups in total. The van der Waals surface area contributed by atoms with E-state index in [9.17, 15) is 24.4 Å². The molecule has 1 aromatic rings. The first-order valence-corrected chi connectivity index (χ1v) is 6.39. The molecule has 0 bridgehead atoms. The number of benzene rings is 1. The van der Waals surface area contributed by atoms with Gasteiger partial charge in [-0.1, -0.05) is 41.9 Å². The zero-order valence-electron chi connectivity index (χ0n) is 10.7. The maximum Gasteiger partial charge on any atom is 0.284 e. The summed E-state index contributed by atoms with van der Waals surface area (Å²) in [5, 5.41) is 20.1. The van der Waals surface area contributed by atoms with Crippen molar-refractivity contribution in [3.05, 3.63) is 62.7 Å². The Hall–Kier alpha value is -2.05. The van der Waals surface area contributed by atoms with Gasteiger partial charge >= 0.3 is 0 Å². The molecular weight excluding hydrogens is 301 g/mol. The van der Waals surface area contributed by atoms with Gasteiger partial charge in [0.25, 0.3) is 11.7 Å². The Morgan fingerprint density at radius 2 is 2.05 bits per heavy atom. The van der Waals surface area contributed by atoms with Crippen LogP contribution < -0.4 is 0 Å². The molecule has 0 aromatic heterocycles. The Morgan fingerprint density at radius 1 is 1.43 bits per heavy atom. The second kappa shape index (κ2) is 5.75. The van der Waals surface area contributed by atoms with E-state index in [1.807, 2.05) is 0 Å². The Kier molecular flexibility index (Phi) is 4.20. The molecule has 0 fully saturated rings. The normalized spacial score (nSPS) is 25.5. The Balaban J connectivity index is 2.75. The summed E-state index contributed by atoms with van der Waals surface area (Å²) < 4.78 is 14.7. The van der Waals surface area contributed by atoms with E-state index < -0.39 is 28.3 Å². The molecule has 2 atom stereocenters. The third-order valence-electron chi connectivity index (χ3n) is 3.32. The molecule has 21 heavy (non-hydrogen) atoms. The number of carbonyl (C=O) groups excluding carboxylic acids is 1. The van der Waals surface area contributed by atoms with Crippen molar-refractivity contribution in [3.8, 4) is 0 Å². The number of hydrogen-bond donors (Lipinski definition) is 1. The minimum absolute atomic E-state index is 0.0536. The number of nitrogens with zero attached hydrogens (tertiary/aromatic N) is 1. The van der Waals surface area contributed by atoms with Crippen LogP contribution in [0.5, 0.6) is 0 Å². The molecular formula is C14H11ClFNO4. The third-order valence-corrected chi connectivity index (χ3v) is 3.72. The van der Waals surface area contributed by atoms with Crippen LogP contribution in [0.1, 0.15) is 5.56 Å². The first-order valence-electron chi connectivity index (χ1n) is 6.01. The van der Waals surface area contributed by atoms with Crippen LogP contribution in [0.15, 0.2) is 47.0 Å². The highest BCUT2D eigenvalue weighted by atomic mass is 35.5. The molecule has 2 rings (SSSR count). The number of aliphatic hydroxyl groups excluding tert-OH is 1. The van der Waals surface area contributed by atoms with Crippen LogP contribution in [0.4, 0.5) is 4.39 Å². The van der Waals surface area contributed by atoms with Gasteiger partial charge in [0.05, 0.1) is 11.6 Å². The van der Waals surface area contributed by atoms with Crippen LogP contribution >= 0.6 is 11.6 Å². The van der Waals surface area contributed by atoms with Crippen LogP contribution in [0.3, 0.4) is 0 Å². The second-order valence-electron chi connectivity index (χ2n) is 4.53. The summed E-state index contributed by atoms with van der Waals surface area (Å²) in [5.74, 6) is 0. The first-order chi connectivity index (χ1) is 9.95. The molecule has 1 aliphatic carbocycles. The predicted molar refractivity (Wildman–Crippen MR) is 75.1 cm³/mol. The zero-order valence-corrected chi connectivity index (χ0v) is 11.5. The molecule has 110 valence electrons. The van der Waals surface area contributed by atoms with Crippen molar-refractivity contribution < 1.29 is 19.2 Å². The molecule has 0 saturated heterocycles. The lowest BCUT2D eigenvalue weighted by Crippen LogP contribution is -2.48. The van der Waals surface area contributed by atoms with Crippen molar-refractivity contribution in [1.82, 2.24) is 0 Å². The quantitative estimate of drug-likeness (QED) is 0.524. The van der Waals surface area contributed by atoms with Crippen LogP contribution in [0, 0.1) is 10.1 Å². The molecule has 0 saturated carbocycles. The highest BCUT2D eigenvalue weighted by Gasteiger charge is 2.55. The van der Waals surface area contributed by atoms with Crippen LogP contribution in [0.2, 0.25) is 0 Å². The highest BCUT2D eigenvalue weighted by Crippen LogP contribution is 2.42. The molecule has 0 aliphatic heterocycles. The summed E-state index contributed by atoms with van der Waals surface area (Å²) >= 11 is 5.69. The molecule has 1 aromatic carbocycles. The maximum absolute atomic E-state index is 14.7. The molecule has 0 amide bonds. The van der Waals surface area contributed by atoms with Gasteiger partial charge in [0.2, 0.25) is 0 Å². The van der Waals surface area contributed by atoms with E-state index in [1.54, 1.807) is 30.3 Å². The summed E-state index contributed by atoms with van der Waals surface area (Å²) in [7, 11) is 0. The monoisotopic (exact) mass is 311 g/mol. The van der Waals surface area contributed by atoms with E-state index >= 15 is 0 Å². The first kappa shape index (κ1) is 15.3. The van der Waals surface area contributed by atoms with E-state index in [2.05, 4.69) is 0 Å². The number of carbonyl (C=O) groups is 1. The minimum atomic E-state index is -2.95. The van der Waals surface area contributed by atoms with Crippen molar-refractivity contribution in [2.45, 2.75) is 11.7 Å². The van der Waals surface area contributed by atoms with Gasteiger partial charge in [-0.15, -0.1) is 0 Å². The third kappa shape index (κ3) is 2.48. The maximum atomic E-state index is 14.7. The van der Waals surface area contributed by atoms with E-state index in [0.717, 1.165) is 6.08 Å². The largest absolute Gasteiger partial charge is 0.392 e. The predicted octanol–water partition coefficient (Wildman–Crippen LogP) is 2.12. The lowest BCUT2D eigenvalue weighted by atomic mass is 9.80. The summed E-state index contributed by atoms with van der Waals surface area (Å²) in [6, 6.07) is 6.01. The van der Waals surface area contributed by atoms with Gasteiger partial charge in [-0.3, -0.25) is 14.9 Å². The lowest BCUT2D eigenvalue weighted by molar-refractivity contribution is -0.517. The van der Waals surface area contributed by atoms with Crippen LogP contribution in [0.25, 0.3) is 5.57 Å². The summed E-state index contributed by atoms with van der Waals surface area (Å²) in [6.07, 6.45) is 0.898. The summed E-state index contributed by atoms with van der Waals surface area (Å²) in [5.41, 5.74) is -2.53. The van der Waals surface area contributed by atoms with Crippen molar-refractivity contribution in [3.63, 3.8) is 0 Å². The van der Waals surface area contributed by atoms with Crippen LogP contribution in [-0.2, 0) is 4.79 Å². The average molecular weight is 312 g/mol. The van der Waals surface area contributed by atoms with Gasteiger partial charge < -0.3 is 5.11 Å². The molecule has 1 aliphatic rings. The number of nitro groups is 1. The van der Waals surface area contributed by atoms with Gasteiger partial charge in [-0.05, 0) is 17.2 Å². The molecule has 0 spiro atoms. The fourth-order valence-corrected chi connectivity index (χ4v) is 2.61. The van der Waals surface area contributed by atoms with Crippen molar-refractivity contribution in [2.75, 3.05) is 6.61 Å². The molecule has 2 unspecified atom stereocenters. The molecule has 0 heterocycles. The number of halogens is 2. The van der Waals surface area contributed by atoms with Crippen molar-refractivity contribution in [1.29, 1.82) is 0 Å². The summed E-state index contributed by atoms with van der Waals surface area (Å²) in [4.78, 5) is 21.5. The number of aldehydes is 1. The second-order valence-corrected chi connectivity index (χ2v) is 4.94.